The van der Waals surface area contributed by atoms with Crippen molar-refractivity contribution in [1.82, 2.24) is 19.6 Å². The molecule has 1 atom stereocenters. The van der Waals surface area contributed by atoms with Crippen molar-refractivity contribution < 1.29 is 14.6 Å². The molecule has 29 heavy (non-hydrogen) atoms. The van der Waals surface area contributed by atoms with Crippen molar-refractivity contribution in [1.29, 1.82) is 0 Å². The Morgan fingerprint density at radius 3 is 3.14 bits per heavy atom. The number of rotatable bonds is 9. The lowest BCUT2D eigenvalue weighted by Gasteiger charge is -2.15. The molecule has 2 N–H and O–H groups in total. The normalized spacial score (nSPS) is 16.8. The molecule has 2 aromatic heterocycles. The smallest absolute Gasteiger partial charge is 0.265 e. The third kappa shape index (κ3) is 4.61. The highest BCUT2D eigenvalue weighted by Gasteiger charge is 2.18. The maximum absolute atomic E-state index is 12.6. The first kappa shape index (κ1) is 20.3. The van der Waals surface area contributed by atoms with Crippen molar-refractivity contribution >= 4 is 33.2 Å². The molecule has 8 heteroatoms. The van der Waals surface area contributed by atoms with Crippen LogP contribution in [-0.4, -0.2) is 64.8 Å². The summed E-state index contributed by atoms with van der Waals surface area (Å²) >= 11 is 1.42. The molecule has 0 bridgehead atoms. The van der Waals surface area contributed by atoms with Crippen LogP contribution < -0.4 is 5.32 Å². The monoisotopic (exact) mass is 416 g/mol. The van der Waals surface area contributed by atoms with Crippen LogP contribution in [0.5, 0.6) is 0 Å². The van der Waals surface area contributed by atoms with Crippen molar-refractivity contribution in [2.75, 3.05) is 33.4 Å². The van der Waals surface area contributed by atoms with Crippen molar-refractivity contribution in [3.05, 3.63) is 34.8 Å². The molecule has 0 spiro atoms. The van der Waals surface area contributed by atoms with Gasteiger partial charge >= 0.3 is 0 Å². The number of aromatic nitrogens is 2. The maximum atomic E-state index is 12.6. The highest BCUT2D eigenvalue weighted by atomic mass is 32.1. The summed E-state index contributed by atoms with van der Waals surface area (Å²) in [4.78, 5) is 20.6. The third-order valence-electron chi connectivity index (χ3n) is 5.35. The molecule has 1 saturated heterocycles. The summed E-state index contributed by atoms with van der Waals surface area (Å²) in [6.45, 7) is 3.36. The number of ether oxygens (including phenoxy) is 1. The first-order valence-electron chi connectivity index (χ1n) is 10.2. The van der Waals surface area contributed by atoms with Gasteiger partial charge in [-0.2, -0.15) is 0 Å². The van der Waals surface area contributed by atoms with Gasteiger partial charge < -0.3 is 20.1 Å². The molecule has 1 aromatic carbocycles. The van der Waals surface area contributed by atoms with Crippen LogP contribution in [0.3, 0.4) is 0 Å². The molecule has 156 valence electrons. The van der Waals surface area contributed by atoms with E-state index in [2.05, 4.69) is 23.5 Å². The average Bonchev–Trinajstić information content (AvgIpc) is 3.43. The molecule has 1 fully saturated rings. The average molecular weight is 417 g/mol. The molecule has 1 aliphatic rings. The van der Waals surface area contributed by atoms with Crippen LogP contribution in [0.25, 0.3) is 16.0 Å². The first-order chi connectivity index (χ1) is 14.2. The summed E-state index contributed by atoms with van der Waals surface area (Å²) in [5.41, 5.74) is 3.16. The van der Waals surface area contributed by atoms with Crippen LogP contribution in [0.15, 0.2) is 24.4 Å². The van der Waals surface area contributed by atoms with Gasteiger partial charge in [-0.05, 0) is 43.4 Å². The number of aliphatic hydroxyl groups excluding tert-OH is 1. The molecule has 4 rings (SSSR count). The SMILES string of the molecule is CN(CCCCO)C(=O)c1cn2c(nc3cc(CNCC4CCCO4)ccc32)s1. The van der Waals surface area contributed by atoms with Gasteiger partial charge in [-0.1, -0.05) is 17.4 Å². The standard InChI is InChI=1S/C21H28N4O3S/c1-24(8-2-3-9-26)20(27)19-14-25-18-7-6-15(11-17(18)23-21(25)29-19)12-22-13-16-5-4-10-28-16/h6-7,11,14,16,22,26H,2-5,8-10,12-13H2,1H3. The van der Waals surface area contributed by atoms with Gasteiger partial charge in [0.1, 0.15) is 4.88 Å². The zero-order valence-electron chi connectivity index (χ0n) is 16.8. The number of imidazole rings is 1. The molecule has 1 aliphatic heterocycles. The Labute approximate surface area is 174 Å². The minimum atomic E-state index is 0.00143. The largest absolute Gasteiger partial charge is 0.396 e. The number of hydrogen-bond donors (Lipinski definition) is 2. The van der Waals surface area contributed by atoms with Gasteiger partial charge in [-0.25, -0.2) is 4.98 Å². The Balaban J connectivity index is 1.43. The van der Waals surface area contributed by atoms with Crippen LogP contribution in [-0.2, 0) is 11.3 Å². The van der Waals surface area contributed by atoms with Crippen LogP contribution >= 0.6 is 11.3 Å². The van der Waals surface area contributed by atoms with Gasteiger partial charge in [-0.3, -0.25) is 9.20 Å². The van der Waals surface area contributed by atoms with E-state index < -0.39 is 0 Å². The molecule has 1 unspecified atom stereocenters. The molecule has 0 saturated carbocycles. The lowest BCUT2D eigenvalue weighted by atomic mass is 10.2. The Kier molecular flexibility index (Phi) is 6.44. The van der Waals surface area contributed by atoms with Crippen molar-refractivity contribution in [3.63, 3.8) is 0 Å². The number of benzene rings is 1. The molecule has 3 heterocycles. The third-order valence-corrected chi connectivity index (χ3v) is 6.32. The fourth-order valence-electron chi connectivity index (χ4n) is 3.70. The highest BCUT2D eigenvalue weighted by Crippen LogP contribution is 2.25. The number of thiazole rings is 1. The van der Waals surface area contributed by atoms with Crippen molar-refractivity contribution in [3.8, 4) is 0 Å². The zero-order valence-corrected chi connectivity index (χ0v) is 17.6. The van der Waals surface area contributed by atoms with Gasteiger partial charge in [-0.15, -0.1) is 0 Å². The minimum absolute atomic E-state index is 0.00143. The molecular formula is C21H28N4O3S. The molecule has 1 amide bonds. The molecule has 3 aromatic rings. The van der Waals surface area contributed by atoms with E-state index in [1.54, 1.807) is 11.9 Å². The van der Waals surface area contributed by atoms with Crippen molar-refractivity contribution in [2.24, 2.45) is 0 Å². The van der Waals surface area contributed by atoms with Gasteiger partial charge in [0.05, 0.1) is 17.1 Å². The van der Waals surface area contributed by atoms with E-state index in [1.165, 1.54) is 16.9 Å². The summed E-state index contributed by atoms with van der Waals surface area (Å²) in [5, 5.41) is 12.4. The number of aliphatic hydroxyl groups is 1. The maximum Gasteiger partial charge on any atom is 0.265 e. The van der Waals surface area contributed by atoms with E-state index in [9.17, 15) is 4.79 Å². The number of nitrogens with zero attached hydrogens (tertiary/aromatic N) is 3. The van der Waals surface area contributed by atoms with Gasteiger partial charge in [0.2, 0.25) is 0 Å². The Morgan fingerprint density at radius 1 is 1.45 bits per heavy atom. The summed E-state index contributed by atoms with van der Waals surface area (Å²) in [6, 6.07) is 6.30. The first-order valence-corrected chi connectivity index (χ1v) is 11.1. The van der Waals surface area contributed by atoms with E-state index in [0.717, 1.165) is 55.0 Å². The second-order valence-electron chi connectivity index (χ2n) is 7.61. The molecule has 7 nitrogen and oxygen atoms in total. The summed E-state index contributed by atoms with van der Waals surface area (Å²) in [7, 11) is 1.80. The topological polar surface area (TPSA) is 79.1 Å². The fourth-order valence-corrected chi connectivity index (χ4v) is 4.69. The number of carbonyl (C=O) groups is 1. The lowest BCUT2D eigenvalue weighted by molar-refractivity contribution is 0.0794. The van der Waals surface area contributed by atoms with Crippen LogP contribution in [0, 0.1) is 0 Å². The second kappa shape index (κ2) is 9.21. The Bertz CT molecular complexity index is 977. The van der Waals surface area contributed by atoms with E-state index >= 15 is 0 Å². The predicted octanol–water partition coefficient (Wildman–Crippen LogP) is 2.66. The van der Waals surface area contributed by atoms with E-state index in [-0.39, 0.29) is 12.5 Å². The highest BCUT2D eigenvalue weighted by molar-refractivity contribution is 7.18. The van der Waals surface area contributed by atoms with E-state index in [4.69, 9.17) is 14.8 Å². The summed E-state index contributed by atoms with van der Waals surface area (Å²) < 4.78 is 7.64. The van der Waals surface area contributed by atoms with Crippen LogP contribution in [0.2, 0.25) is 0 Å². The summed E-state index contributed by atoms with van der Waals surface area (Å²) in [5.74, 6) is 0.00143. The number of unbranched alkanes of at least 4 members (excludes halogenated alkanes) is 1. The number of hydrogen-bond acceptors (Lipinski definition) is 6. The lowest BCUT2D eigenvalue weighted by Crippen LogP contribution is -2.27. The predicted molar refractivity (Wildman–Crippen MR) is 115 cm³/mol. The van der Waals surface area contributed by atoms with E-state index in [1.807, 2.05) is 10.6 Å². The van der Waals surface area contributed by atoms with Crippen molar-refractivity contribution in [2.45, 2.75) is 38.3 Å². The fraction of sp³-hybridized carbons (Fsp3) is 0.524. The Morgan fingerprint density at radius 2 is 2.34 bits per heavy atom. The van der Waals surface area contributed by atoms with E-state index in [0.29, 0.717) is 23.9 Å². The van der Waals surface area contributed by atoms with Crippen LogP contribution in [0.1, 0.15) is 40.9 Å². The summed E-state index contributed by atoms with van der Waals surface area (Å²) in [6.07, 6.45) is 6.03. The van der Waals surface area contributed by atoms with Gasteiger partial charge in [0.25, 0.3) is 5.91 Å². The minimum Gasteiger partial charge on any atom is -0.396 e. The van der Waals surface area contributed by atoms with Gasteiger partial charge in [0, 0.05) is 46.1 Å². The van der Waals surface area contributed by atoms with Gasteiger partial charge in [0.15, 0.2) is 4.96 Å². The Hall–Kier alpha value is -2.00. The number of carbonyl (C=O) groups excluding carboxylic acids is 1. The zero-order chi connectivity index (χ0) is 20.2. The molecule has 0 aliphatic carbocycles. The number of nitrogens with one attached hydrogen (secondary N) is 1. The molecule has 0 radical (unpaired) electrons. The number of amides is 1. The second-order valence-corrected chi connectivity index (χ2v) is 8.62. The molecular weight excluding hydrogens is 388 g/mol. The van der Waals surface area contributed by atoms with Crippen LogP contribution in [0.4, 0.5) is 0 Å². The number of fused-ring (bicyclic) bond motifs is 3. The quantitative estimate of drug-likeness (QED) is 0.525.